The third kappa shape index (κ3) is 3.57. The highest BCUT2D eigenvalue weighted by Crippen LogP contribution is 2.47. The van der Waals surface area contributed by atoms with Crippen molar-refractivity contribution in [1.82, 2.24) is 0 Å². The zero-order chi connectivity index (χ0) is 16.1. The second-order valence-corrected chi connectivity index (χ2v) is 25.1. The van der Waals surface area contributed by atoms with Crippen LogP contribution < -0.4 is 5.73 Å². The van der Waals surface area contributed by atoms with Crippen LogP contribution in [0.15, 0.2) is 22.2 Å². The molecule has 0 heterocycles. The molecule has 2 N–H and O–H groups in total. The van der Waals surface area contributed by atoms with Crippen LogP contribution in [0.25, 0.3) is 0 Å². The van der Waals surface area contributed by atoms with Gasteiger partial charge in [-0.25, -0.2) is 0 Å². The molecule has 2 atom stereocenters. The van der Waals surface area contributed by atoms with E-state index in [2.05, 4.69) is 71.9 Å². The molecule has 0 aromatic carbocycles. The predicted octanol–water partition coefficient (Wildman–Crippen LogP) is 5.24. The van der Waals surface area contributed by atoms with Crippen molar-refractivity contribution in [3.63, 3.8) is 0 Å². The van der Waals surface area contributed by atoms with Gasteiger partial charge in [0.1, 0.15) is 0 Å². The third-order valence-electron chi connectivity index (χ3n) is 4.54. The van der Waals surface area contributed by atoms with Gasteiger partial charge in [0.05, 0.1) is 24.2 Å². The van der Waals surface area contributed by atoms with Crippen molar-refractivity contribution in [3.05, 3.63) is 22.2 Å². The molecule has 1 aliphatic rings. The highest BCUT2D eigenvalue weighted by atomic mass is 28.3. The van der Waals surface area contributed by atoms with E-state index in [1.54, 1.807) is 10.4 Å². The Morgan fingerprint density at radius 3 is 1.60 bits per heavy atom. The number of hydrogen-bond acceptors (Lipinski definition) is 1. The molecule has 0 aromatic rings. The van der Waals surface area contributed by atoms with Crippen LogP contribution in [0.5, 0.6) is 0 Å². The van der Waals surface area contributed by atoms with Crippen molar-refractivity contribution in [2.75, 3.05) is 0 Å². The molecular weight excluding hydrogens is 290 g/mol. The maximum atomic E-state index is 6.71. The van der Waals surface area contributed by atoms with Crippen molar-refractivity contribution >= 4 is 24.2 Å². The maximum absolute atomic E-state index is 6.71. The van der Waals surface area contributed by atoms with E-state index in [9.17, 15) is 0 Å². The Bertz CT molecular complexity index is 442. The summed E-state index contributed by atoms with van der Waals surface area (Å²) in [6.45, 7) is 24.6. The number of allylic oxidation sites excluding steroid dienone is 4. The highest BCUT2D eigenvalue weighted by Gasteiger charge is 2.43. The summed E-state index contributed by atoms with van der Waals surface area (Å²) in [6.07, 6.45) is 2.54. The Labute approximate surface area is 129 Å². The summed E-state index contributed by atoms with van der Waals surface area (Å²) in [7, 11) is -3.94. The van der Waals surface area contributed by atoms with Gasteiger partial charge in [0, 0.05) is 5.70 Å². The molecule has 116 valence electrons. The maximum Gasteiger partial charge on any atom is 0.0798 e. The van der Waals surface area contributed by atoms with Crippen LogP contribution in [-0.2, 0) is 0 Å². The van der Waals surface area contributed by atoms with Crippen LogP contribution in [0.2, 0.25) is 64.5 Å². The molecule has 0 spiro atoms. The Morgan fingerprint density at radius 1 is 0.850 bits per heavy atom. The first-order chi connectivity index (χ1) is 8.67. The lowest BCUT2D eigenvalue weighted by molar-refractivity contribution is 0.656. The molecule has 0 bridgehead atoms. The normalized spacial score (nSPS) is 25.8. The summed E-state index contributed by atoms with van der Waals surface area (Å²) in [5, 5.41) is 3.29. The van der Waals surface area contributed by atoms with E-state index in [-0.39, 0.29) is 0 Å². The van der Waals surface area contributed by atoms with Gasteiger partial charge in [-0.05, 0) is 16.7 Å². The first-order valence-electron chi connectivity index (χ1n) is 7.89. The molecule has 0 saturated heterocycles. The van der Waals surface area contributed by atoms with E-state index in [0.717, 1.165) is 0 Å². The van der Waals surface area contributed by atoms with Crippen LogP contribution in [-0.4, -0.2) is 24.2 Å². The molecule has 1 nitrogen and oxygen atoms in total. The van der Waals surface area contributed by atoms with Crippen molar-refractivity contribution < 1.29 is 0 Å². The van der Waals surface area contributed by atoms with Crippen molar-refractivity contribution in [2.24, 2.45) is 11.7 Å². The zero-order valence-electron chi connectivity index (χ0n) is 15.3. The molecule has 0 radical (unpaired) electrons. The van der Waals surface area contributed by atoms with E-state index >= 15 is 0 Å². The molecule has 0 aromatic heterocycles. The molecule has 4 heteroatoms. The van der Waals surface area contributed by atoms with E-state index < -0.39 is 24.2 Å². The summed E-state index contributed by atoms with van der Waals surface area (Å²) < 4.78 is 0. The van der Waals surface area contributed by atoms with Crippen molar-refractivity contribution in [3.8, 4) is 0 Å². The number of nitrogens with two attached hydrogens (primary N) is 1. The quantitative estimate of drug-likeness (QED) is 0.706. The van der Waals surface area contributed by atoms with Gasteiger partial charge in [-0.15, -0.1) is 0 Å². The molecule has 0 fully saturated rings. The van der Waals surface area contributed by atoms with Crippen LogP contribution in [0.3, 0.4) is 0 Å². The standard InChI is InChI=1S/C16H35NSi3/c1-12-13(18(2,3)4)11-14(19(5,6)7)15(17)16(12)20(8,9)10/h11-12,16H,17H2,1-10H3. The van der Waals surface area contributed by atoms with E-state index in [4.69, 9.17) is 5.73 Å². The fourth-order valence-corrected chi connectivity index (χ4v) is 10.7. The average Bonchev–Trinajstić information content (AvgIpc) is 2.10. The minimum absolute atomic E-state index is 0.621. The number of hydrogen-bond donors (Lipinski definition) is 1. The van der Waals surface area contributed by atoms with Crippen LogP contribution in [0, 0.1) is 5.92 Å². The van der Waals surface area contributed by atoms with Crippen molar-refractivity contribution in [1.29, 1.82) is 0 Å². The van der Waals surface area contributed by atoms with Gasteiger partial charge < -0.3 is 5.73 Å². The molecule has 0 saturated carbocycles. The Morgan fingerprint density at radius 2 is 1.30 bits per heavy atom. The first kappa shape index (κ1) is 18.0. The van der Waals surface area contributed by atoms with Crippen LogP contribution in [0.1, 0.15) is 6.92 Å². The lowest BCUT2D eigenvalue weighted by atomic mass is 9.99. The van der Waals surface area contributed by atoms with Gasteiger partial charge in [0.2, 0.25) is 0 Å². The second kappa shape index (κ2) is 5.29. The Balaban J connectivity index is 3.54. The third-order valence-corrected chi connectivity index (χ3v) is 11.6. The summed E-state index contributed by atoms with van der Waals surface area (Å²) in [5.74, 6) is 0.647. The summed E-state index contributed by atoms with van der Waals surface area (Å²) in [4.78, 5) is 0. The SMILES string of the molecule is CC1C([Si](C)(C)C)=CC([Si](C)(C)C)=C(N)C1[Si](C)(C)C. The van der Waals surface area contributed by atoms with Gasteiger partial charge >= 0.3 is 0 Å². The molecule has 2 unspecified atom stereocenters. The monoisotopic (exact) mass is 325 g/mol. The molecule has 1 aliphatic carbocycles. The fraction of sp³-hybridized carbons (Fsp3) is 0.750. The molecule has 0 aliphatic heterocycles. The number of rotatable bonds is 3. The topological polar surface area (TPSA) is 26.0 Å². The molecule has 1 rings (SSSR count). The summed E-state index contributed by atoms with van der Waals surface area (Å²) in [5.41, 5.74) is 8.58. The van der Waals surface area contributed by atoms with Gasteiger partial charge in [-0.2, -0.15) is 0 Å². The van der Waals surface area contributed by atoms with Gasteiger partial charge in [-0.1, -0.05) is 77.1 Å². The zero-order valence-corrected chi connectivity index (χ0v) is 18.3. The Kier molecular flexibility index (Phi) is 4.75. The highest BCUT2D eigenvalue weighted by molar-refractivity contribution is 6.87. The minimum atomic E-state index is -1.37. The smallest absolute Gasteiger partial charge is 0.0798 e. The van der Waals surface area contributed by atoms with E-state index in [1.165, 1.54) is 5.70 Å². The average molecular weight is 326 g/mol. The van der Waals surface area contributed by atoms with E-state index in [0.29, 0.717) is 11.5 Å². The largest absolute Gasteiger partial charge is 0.402 e. The molecule has 20 heavy (non-hydrogen) atoms. The van der Waals surface area contributed by atoms with Gasteiger partial charge in [0.25, 0.3) is 0 Å². The van der Waals surface area contributed by atoms with Crippen LogP contribution >= 0.6 is 0 Å². The predicted molar refractivity (Wildman–Crippen MR) is 102 cm³/mol. The summed E-state index contributed by atoms with van der Waals surface area (Å²) >= 11 is 0. The minimum Gasteiger partial charge on any atom is -0.402 e. The summed E-state index contributed by atoms with van der Waals surface area (Å²) in [6, 6.07) is 0. The van der Waals surface area contributed by atoms with Gasteiger partial charge in [0.15, 0.2) is 0 Å². The van der Waals surface area contributed by atoms with E-state index in [1.807, 2.05) is 0 Å². The molecular formula is C16H35NSi3. The lowest BCUT2D eigenvalue weighted by Gasteiger charge is -2.44. The lowest BCUT2D eigenvalue weighted by Crippen LogP contribution is -2.45. The van der Waals surface area contributed by atoms with Crippen molar-refractivity contribution in [2.45, 2.75) is 71.4 Å². The van der Waals surface area contributed by atoms with Crippen LogP contribution in [0.4, 0.5) is 0 Å². The fourth-order valence-electron chi connectivity index (χ4n) is 3.75. The Hall–Kier alpha value is -0.0694. The second-order valence-electron chi connectivity index (χ2n) is 9.60. The first-order valence-corrected chi connectivity index (χ1v) is 18.5. The molecule has 0 amide bonds. The van der Waals surface area contributed by atoms with Gasteiger partial charge in [-0.3, -0.25) is 0 Å².